The molecule has 0 bridgehead atoms. The zero-order valence-corrected chi connectivity index (χ0v) is 19.5. The number of unbranched alkanes of at least 4 members (excludes halogenated alkanes) is 2. The minimum absolute atomic E-state index is 0.0534. The first kappa shape index (κ1) is 24.7. The van der Waals surface area contributed by atoms with Crippen molar-refractivity contribution in [1.82, 2.24) is 0 Å². The number of aryl methyl sites for hydroxylation is 2. The van der Waals surface area contributed by atoms with Crippen LogP contribution in [-0.2, 0) is 12.8 Å². The van der Waals surface area contributed by atoms with Crippen LogP contribution in [0.5, 0.6) is 5.75 Å². The second-order valence-corrected chi connectivity index (χ2v) is 8.18. The lowest BCUT2D eigenvalue weighted by atomic mass is 9.98. The summed E-state index contributed by atoms with van der Waals surface area (Å²) >= 11 is 0. The lowest BCUT2D eigenvalue weighted by Gasteiger charge is -2.11. The van der Waals surface area contributed by atoms with Crippen molar-refractivity contribution in [2.24, 2.45) is 0 Å². The standard InChI is InChI=1S/C29H27FN2O2/c1-3-5-6-8-20-9-15-24(27(30)17-20)22-10-12-23(13-11-22)29(33)34-28-16-14-21(7-4-2)25(18-31)26(28)19-32/h9-17H,3-8H2,1-2H3. The van der Waals surface area contributed by atoms with Crippen molar-refractivity contribution in [2.45, 2.75) is 52.4 Å². The van der Waals surface area contributed by atoms with Gasteiger partial charge in [-0.25, -0.2) is 9.18 Å². The van der Waals surface area contributed by atoms with Crippen LogP contribution in [-0.4, -0.2) is 5.97 Å². The van der Waals surface area contributed by atoms with Crippen molar-refractivity contribution >= 4 is 5.97 Å². The zero-order valence-electron chi connectivity index (χ0n) is 19.5. The number of hydrogen-bond donors (Lipinski definition) is 0. The molecule has 3 aromatic rings. The average molecular weight is 455 g/mol. The van der Waals surface area contributed by atoms with Crippen molar-refractivity contribution in [3.8, 4) is 29.0 Å². The summed E-state index contributed by atoms with van der Waals surface area (Å²) in [6.07, 6.45) is 5.62. The Balaban J connectivity index is 1.78. The molecule has 0 saturated carbocycles. The maximum absolute atomic E-state index is 14.7. The lowest BCUT2D eigenvalue weighted by molar-refractivity contribution is 0.0734. The van der Waals surface area contributed by atoms with Crippen LogP contribution in [0.4, 0.5) is 4.39 Å². The van der Waals surface area contributed by atoms with E-state index in [4.69, 9.17) is 4.74 Å². The number of benzene rings is 3. The van der Waals surface area contributed by atoms with Gasteiger partial charge in [-0.05, 0) is 60.2 Å². The Morgan fingerprint density at radius 2 is 1.62 bits per heavy atom. The van der Waals surface area contributed by atoms with Crippen LogP contribution in [0.2, 0.25) is 0 Å². The normalized spacial score (nSPS) is 10.4. The number of hydrogen-bond acceptors (Lipinski definition) is 4. The van der Waals surface area contributed by atoms with E-state index in [0.717, 1.165) is 43.2 Å². The highest BCUT2D eigenvalue weighted by molar-refractivity contribution is 5.92. The summed E-state index contributed by atoms with van der Waals surface area (Å²) < 4.78 is 20.1. The molecule has 172 valence electrons. The first-order valence-corrected chi connectivity index (χ1v) is 11.6. The summed E-state index contributed by atoms with van der Waals surface area (Å²) in [5.74, 6) is -0.890. The summed E-state index contributed by atoms with van der Waals surface area (Å²) in [4.78, 5) is 12.7. The summed E-state index contributed by atoms with van der Waals surface area (Å²) in [6, 6.07) is 19.0. The topological polar surface area (TPSA) is 73.9 Å². The van der Waals surface area contributed by atoms with Crippen LogP contribution in [0.15, 0.2) is 54.6 Å². The first-order chi connectivity index (χ1) is 16.5. The van der Waals surface area contributed by atoms with Crippen molar-refractivity contribution in [2.75, 3.05) is 0 Å². The van der Waals surface area contributed by atoms with Crippen LogP contribution < -0.4 is 4.74 Å². The SMILES string of the molecule is CCCCCc1ccc(-c2ccc(C(=O)Oc3ccc(CCC)c(C#N)c3C#N)cc2)c(F)c1. The molecule has 0 fully saturated rings. The second kappa shape index (κ2) is 11.8. The molecule has 0 aromatic heterocycles. The monoisotopic (exact) mass is 454 g/mol. The van der Waals surface area contributed by atoms with Crippen LogP contribution in [0.25, 0.3) is 11.1 Å². The van der Waals surface area contributed by atoms with Gasteiger partial charge in [-0.3, -0.25) is 0 Å². The third kappa shape index (κ3) is 5.69. The lowest BCUT2D eigenvalue weighted by Crippen LogP contribution is -2.10. The van der Waals surface area contributed by atoms with Crippen molar-refractivity contribution in [1.29, 1.82) is 10.5 Å². The number of carbonyl (C=O) groups excluding carboxylic acids is 1. The molecule has 3 aromatic carbocycles. The minimum atomic E-state index is -0.651. The number of ether oxygens (including phenoxy) is 1. The molecule has 0 N–H and O–H groups in total. The maximum atomic E-state index is 14.7. The summed E-state index contributed by atoms with van der Waals surface area (Å²) in [6.45, 7) is 4.12. The molecule has 3 rings (SSSR count). The van der Waals surface area contributed by atoms with Gasteiger partial charge in [-0.2, -0.15) is 10.5 Å². The molecule has 0 saturated heterocycles. The molecule has 0 heterocycles. The summed E-state index contributed by atoms with van der Waals surface area (Å²) in [5.41, 5.74) is 3.41. The molecule has 0 aliphatic carbocycles. The van der Waals surface area contributed by atoms with Gasteiger partial charge in [-0.15, -0.1) is 0 Å². The minimum Gasteiger partial charge on any atom is -0.421 e. The smallest absolute Gasteiger partial charge is 0.343 e. The van der Waals surface area contributed by atoms with Gasteiger partial charge >= 0.3 is 5.97 Å². The molecule has 0 radical (unpaired) electrons. The van der Waals surface area contributed by atoms with Gasteiger partial charge in [0.15, 0.2) is 0 Å². The van der Waals surface area contributed by atoms with E-state index in [-0.39, 0.29) is 28.3 Å². The highest BCUT2D eigenvalue weighted by atomic mass is 19.1. The Kier molecular flexibility index (Phi) is 8.54. The molecule has 4 nitrogen and oxygen atoms in total. The number of halogens is 1. The fourth-order valence-electron chi connectivity index (χ4n) is 3.90. The Bertz CT molecular complexity index is 1250. The Morgan fingerprint density at radius 1 is 0.882 bits per heavy atom. The first-order valence-electron chi connectivity index (χ1n) is 11.6. The fourth-order valence-corrected chi connectivity index (χ4v) is 3.90. The van der Waals surface area contributed by atoms with Gasteiger partial charge in [0.05, 0.1) is 11.1 Å². The molecular formula is C29H27FN2O2. The second-order valence-electron chi connectivity index (χ2n) is 8.18. The largest absolute Gasteiger partial charge is 0.421 e. The molecule has 0 aliphatic rings. The van der Waals surface area contributed by atoms with Crippen molar-refractivity contribution in [3.05, 3.63) is 88.2 Å². The van der Waals surface area contributed by atoms with Crippen LogP contribution in [0, 0.1) is 28.5 Å². The van der Waals surface area contributed by atoms with E-state index in [1.807, 2.05) is 19.1 Å². The number of nitrogens with zero attached hydrogens (tertiary/aromatic N) is 2. The van der Waals surface area contributed by atoms with E-state index in [1.165, 1.54) is 0 Å². The quantitative estimate of drug-likeness (QED) is 0.196. The van der Waals surface area contributed by atoms with E-state index < -0.39 is 5.97 Å². The molecule has 34 heavy (non-hydrogen) atoms. The third-order valence-corrected chi connectivity index (χ3v) is 5.73. The van der Waals surface area contributed by atoms with Crippen LogP contribution in [0.3, 0.4) is 0 Å². The summed E-state index contributed by atoms with van der Waals surface area (Å²) in [7, 11) is 0. The molecular weight excluding hydrogens is 427 g/mol. The van der Waals surface area contributed by atoms with Gasteiger partial charge < -0.3 is 4.74 Å². The number of carbonyl (C=O) groups is 1. The van der Waals surface area contributed by atoms with E-state index in [1.54, 1.807) is 48.5 Å². The average Bonchev–Trinajstić information content (AvgIpc) is 2.85. The molecule has 0 atom stereocenters. The highest BCUT2D eigenvalue weighted by Gasteiger charge is 2.18. The van der Waals surface area contributed by atoms with Gasteiger partial charge in [0.1, 0.15) is 29.3 Å². The van der Waals surface area contributed by atoms with Gasteiger partial charge in [0.2, 0.25) is 0 Å². The number of nitriles is 2. The Hall–Kier alpha value is -3.96. The predicted octanol–water partition coefficient (Wildman–Crippen LogP) is 7.14. The summed E-state index contributed by atoms with van der Waals surface area (Å²) in [5, 5.41) is 19.0. The number of rotatable bonds is 9. The van der Waals surface area contributed by atoms with Crippen molar-refractivity contribution in [3.63, 3.8) is 0 Å². The molecule has 0 aliphatic heterocycles. The predicted molar refractivity (Wildman–Crippen MR) is 130 cm³/mol. The van der Waals surface area contributed by atoms with Crippen molar-refractivity contribution < 1.29 is 13.9 Å². The van der Waals surface area contributed by atoms with Crippen LogP contribution >= 0.6 is 0 Å². The van der Waals surface area contributed by atoms with Gasteiger partial charge in [0, 0.05) is 5.56 Å². The van der Waals surface area contributed by atoms with E-state index in [9.17, 15) is 19.7 Å². The van der Waals surface area contributed by atoms with E-state index >= 15 is 0 Å². The molecule has 5 heteroatoms. The molecule has 0 spiro atoms. The van der Waals surface area contributed by atoms with E-state index in [2.05, 4.69) is 13.0 Å². The van der Waals surface area contributed by atoms with E-state index in [0.29, 0.717) is 17.5 Å². The zero-order chi connectivity index (χ0) is 24.5. The number of esters is 1. The molecule has 0 unspecified atom stereocenters. The van der Waals surface area contributed by atoms with Crippen LogP contribution in [0.1, 0.15) is 72.1 Å². The highest BCUT2D eigenvalue weighted by Crippen LogP contribution is 2.28. The maximum Gasteiger partial charge on any atom is 0.343 e. The third-order valence-electron chi connectivity index (χ3n) is 5.73. The Morgan fingerprint density at radius 3 is 2.24 bits per heavy atom. The fraction of sp³-hybridized carbons (Fsp3) is 0.276. The molecule has 0 amide bonds. The Labute approximate surface area is 200 Å². The van der Waals surface area contributed by atoms with Gasteiger partial charge in [0.25, 0.3) is 0 Å². The van der Waals surface area contributed by atoms with Gasteiger partial charge in [-0.1, -0.05) is 63.4 Å².